The minimum Gasteiger partial charge on any atom is -0.508 e. The number of carbonyl (C=O) groups is 1. The summed E-state index contributed by atoms with van der Waals surface area (Å²) in [6, 6.07) is 7.31. The van der Waals surface area contributed by atoms with E-state index < -0.39 is 0 Å². The van der Waals surface area contributed by atoms with Crippen molar-refractivity contribution in [3.8, 4) is 11.5 Å². The molecule has 2 aromatic rings. The smallest absolute Gasteiger partial charge is 0.265 e. The molecule has 0 aliphatic carbocycles. The molecule has 0 spiro atoms. The van der Waals surface area contributed by atoms with E-state index in [2.05, 4.69) is 0 Å². The van der Waals surface area contributed by atoms with Crippen LogP contribution in [-0.2, 0) is 0 Å². The van der Waals surface area contributed by atoms with Gasteiger partial charge in [-0.25, -0.2) is 0 Å². The lowest BCUT2D eigenvalue weighted by molar-refractivity contribution is 0.0957. The molecule has 2 N–H and O–H groups in total. The molecule has 15 heavy (non-hydrogen) atoms. The lowest BCUT2D eigenvalue weighted by atomic mass is 10.2. The monoisotopic (exact) mass is 203 g/mol. The van der Waals surface area contributed by atoms with Crippen molar-refractivity contribution in [3.63, 3.8) is 0 Å². The first-order valence-electron chi connectivity index (χ1n) is 4.38. The Morgan fingerprint density at radius 2 is 1.80 bits per heavy atom. The standard InChI is InChI=1S/C11H9NO3/c13-8-3-4-9(10(14)7-8)11(15)12-5-1-2-6-12/h1-7,13-14H. The van der Waals surface area contributed by atoms with Gasteiger partial charge in [-0.1, -0.05) is 0 Å². The van der Waals surface area contributed by atoms with Crippen LogP contribution in [0.3, 0.4) is 0 Å². The second kappa shape index (κ2) is 3.49. The van der Waals surface area contributed by atoms with Crippen LogP contribution < -0.4 is 0 Å². The number of rotatable bonds is 1. The van der Waals surface area contributed by atoms with Gasteiger partial charge in [0.05, 0.1) is 5.56 Å². The zero-order valence-electron chi connectivity index (χ0n) is 7.79. The Kier molecular flexibility index (Phi) is 2.17. The van der Waals surface area contributed by atoms with Crippen LogP contribution in [0.25, 0.3) is 0 Å². The number of carbonyl (C=O) groups excluding carboxylic acids is 1. The number of aromatic hydroxyl groups is 2. The van der Waals surface area contributed by atoms with Crippen molar-refractivity contribution in [2.24, 2.45) is 0 Å². The summed E-state index contributed by atoms with van der Waals surface area (Å²) >= 11 is 0. The zero-order valence-corrected chi connectivity index (χ0v) is 7.79. The van der Waals surface area contributed by atoms with E-state index in [-0.39, 0.29) is 23.0 Å². The zero-order chi connectivity index (χ0) is 10.8. The van der Waals surface area contributed by atoms with Crippen molar-refractivity contribution in [1.82, 2.24) is 4.57 Å². The summed E-state index contributed by atoms with van der Waals surface area (Å²) in [7, 11) is 0. The fraction of sp³-hybridized carbons (Fsp3) is 0. The van der Waals surface area contributed by atoms with Crippen LogP contribution in [0.15, 0.2) is 42.7 Å². The molecule has 76 valence electrons. The van der Waals surface area contributed by atoms with Gasteiger partial charge in [-0.3, -0.25) is 9.36 Å². The van der Waals surface area contributed by atoms with Gasteiger partial charge in [0.2, 0.25) is 0 Å². The Bertz CT molecular complexity index is 489. The molecule has 4 heteroatoms. The maximum absolute atomic E-state index is 11.8. The summed E-state index contributed by atoms with van der Waals surface area (Å²) < 4.78 is 1.35. The Hall–Kier alpha value is -2.23. The van der Waals surface area contributed by atoms with Gasteiger partial charge in [0.15, 0.2) is 0 Å². The summed E-state index contributed by atoms with van der Waals surface area (Å²) in [5.41, 5.74) is 0.156. The molecule has 0 aliphatic rings. The van der Waals surface area contributed by atoms with Crippen LogP contribution >= 0.6 is 0 Å². The predicted octanol–water partition coefficient (Wildman–Crippen LogP) is 1.59. The third-order valence-corrected chi connectivity index (χ3v) is 2.05. The SMILES string of the molecule is O=C(c1ccc(O)cc1O)n1cccc1. The summed E-state index contributed by atoms with van der Waals surface area (Å²) in [6.07, 6.45) is 3.18. The van der Waals surface area contributed by atoms with Gasteiger partial charge in [-0.2, -0.15) is 0 Å². The first-order chi connectivity index (χ1) is 7.18. The highest BCUT2D eigenvalue weighted by molar-refractivity contribution is 5.98. The van der Waals surface area contributed by atoms with Crippen LogP contribution in [0.5, 0.6) is 11.5 Å². The molecule has 4 nitrogen and oxygen atoms in total. The average Bonchev–Trinajstić information content (AvgIpc) is 2.69. The van der Waals surface area contributed by atoms with Gasteiger partial charge in [0, 0.05) is 18.5 Å². The Morgan fingerprint density at radius 3 is 2.40 bits per heavy atom. The summed E-state index contributed by atoms with van der Waals surface area (Å²) in [4.78, 5) is 11.8. The number of hydrogen-bond acceptors (Lipinski definition) is 3. The third kappa shape index (κ3) is 1.69. The van der Waals surface area contributed by atoms with Gasteiger partial charge in [0.1, 0.15) is 11.5 Å². The van der Waals surface area contributed by atoms with E-state index in [4.69, 9.17) is 5.11 Å². The molecule has 0 atom stereocenters. The molecule has 1 heterocycles. The molecule has 2 rings (SSSR count). The molecule has 0 saturated heterocycles. The first kappa shape index (κ1) is 9.33. The van der Waals surface area contributed by atoms with Crippen LogP contribution in [0, 0.1) is 0 Å². The van der Waals surface area contributed by atoms with E-state index >= 15 is 0 Å². The van der Waals surface area contributed by atoms with Crippen LogP contribution in [-0.4, -0.2) is 20.7 Å². The van der Waals surface area contributed by atoms with E-state index in [1.54, 1.807) is 24.5 Å². The van der Waals surface area contributed by atoms with E-state index in [1.165, 1.54) is 16.7 Å². The fourth-order valence-corrected chi connectivity index (χ4v) is 1.31. The largest absolute Gasteiger partial charge is 0.508 e. The second-order valence-electron chi connectivity index (χ2n) is 3.10. The lowest BCUT2D eigenvalue weighted by Gasteiger charge is -2.04. The first-order valence-corrected chi connectivity index (χ1v) is 4.38. The maximum atomic E-state index is 11.8. The van der Waals surface area contributed by atoms with Gasteiger partial charge in [0.25, 0.3) is 5.91 Å². The van der Waals surface area contributed by atoms with Crippen LogP contribution in [0.1, 0.15) is 10.4 Å². The highest BCUT2D eigenvalue weighted by atomic mass is 16.3. The molecule has 0 amide bonds. The van der Waals surface area contributed by atoms with E-state index in [0.29, 0.717) is 0 Å². The normalized spacial score (nSPS) is 10.1. The molecule has 0 bridgehead atoms. The van der Waals surface area contributed by atoms with E-state index in [9.17, 15) is 9.90 Å². The average molecular weight is 203 g/mol. The number of phenols is 2. The minimum atomic E-state index is -0.336. The van der Waals surface area contributed by atoms with Crippen molar-refractivity contribution in [3.05, 3.63) is 48.3 Å². The Balaban J connectivity index is 2.42. The Morgan fingerprint density at radius 1 is 1.13 bits per heavy atom. The maximum Gasteiger partial charge on any atom is 0.265 e. The number of aromatic nitrogens is 1. The molecule has 0 aliphatic heterocycles. The van der Waals surface area contributed by atoms with Crippen molar-refractivity contribution in [2.75, 3.05) is 0 Å². The van der Waals surface area contributed by atoms with Crippen LogP contribution in [0.4, 0.5) is 0 Å². The van der Waals surface area contributed by atoms with E-state index in [0.717, 1.165) is 6.07 Å². The lowest BCUT2D eigenvalue weighted by Crippen LogP contribution is -2.09. The second-order valence-corrected chi connectivity index (χ2v) is 3.10. The number of nitrogens with zero attached hydrogens (tertiary/aromatic N) is 1. The number of phenolic OH excluding ortho intramolecular Hbond substituents is 2. The molecule has 0 fully saturated rings. The molecule has 1 aromatic heterocycles. The number of benzene rings is 1. The van der Waals surface area contributed by atoms with Gasteiger partial charge in [-0.05, 0) is 24.3 Å². The van der Waals surface area contributed by atoms with Crippen molar-refractivity contribution >= 4 is 5.91 Å². The summed E-state index contributed by atoms with van der Waals surface area (Å²) in [5.74, 6) is -0.636. The highest BCUT2D eigenvalue weighted by Crippen LogP contribution is 2.23. The number of hydrogen-bond donors (Lipinski definition) is 2. The van der Waals surface area contributed by atoms with Gasteiger partial charge < -0.3 is 10.2 Å². The third-order valence-electron chi connectivity index (χ3n) is 2.05. The molecule has 1 aromatic carbocycles. The van der Waals surface area contributed by atoms with Crippen molar-refractivity contribution in [1.29, 1.82) is 0 Å². The fourth-order valence-electron chi connectivity index (χ4n) is 1.31. The molecular formula is C11H9NO3. The van der Waals surface area contributed by atoms with Gasteiger partial charge in [-0.15, -0.1) is 0 Å². The molecule has 0 unspecified atom stereocenters. The van der Waals surface area contributed by atoms with Crippen molar-refractivity contribution in [2.45, 2.75) is 0 Å². The summed E-state index contributed by atoms with van der Waals surface area (Å²) in [6.45, 7) is 0. The van der Waals surface area contributed by atoms with Crippen molar-refractivity contribution < 1.29 is 15.0 Å². The highest BCUT2D eigenvalue weighted by Gasteiger charge is 2.12. The molecule has 0 saturated carbocycles. The topological polar surface area (TPSA) is 62.5 Å². The predicted molar refractivity (Wildman–Crippen MR) is 53.9 cm³/mol. The molecule has 0 radical (unpaired) electrons. The summed E-state index contributed by atoms with van der Waals surface area (Å²) in [5, 5.41) is 18.5. The quantitative estimate of drug-likeness (QED) is 0.739. The minimum absolute atomic E-state index is 0.0726. The van der Waals surface area contributed by atoms with Gasteiger partial charge >= 0.3 is 0 Å². The van der Waals surface area contributed by atoms with E-state index in [1.807, 2.05) is 0 Å². The molecular weight excluding hydrogens is 194 g/mol. The Labute approximate surface area is 86.0 Å². The van der Waals surface area contributed by atoms with Crippen LogP contribution in [0.2, 0.25) is 0 Å².